The summed E-state index contributed by atoms with van der Waals surface area (Å²) in [5.74, 6) is 0.726. The number of Topliss-reactive ketones (excluding diaryl/α,β-unsaturated/α-hetero) is 1. The van der Waals surface area contributed by atoms with Crippen molar-refractivity contribution in [1.82, 2.24) is 15.6 Å². The number of hydrogen-bond acceptors (Lipinski definition) is 6. The van der Waals surface area contributed by atoms with Crippen molar-refractivity contribution in [1.29, 1.82) is 0 Å². The van der Waals surface area contributed by atoms with Crippen LogP contribution in [0.15, 0.2) is 39.7 Å². The Morgan fingerprint density at radius 2 is 2.08 bits per heavy atom. The predicted octanol–water partition coefficient (Wildman–Crippen LogP) is 3.37. The fourth-order valence-corrected chi connectivity index (χ4v) is 5.51. The molecule has 5 nitrogen and oxygen atoms in total. The zero-order valence-corrected chi connectivity index (χ0v) is 16.2. The number of fused-ring (bicyclic) bond motifs is 3. The Labute approximate surface area is 161 Å². The first kappa shape index (κ1) is 17.7. The summed E-state index contributed by atoms with van der Waals surface area (Å²) >= 11 is 2.90. The van der Waals surface area contributed by atoms with E-state index in [2.05, 4.69) is 15.6 Å². The lowest BCUT2D eigenvalue weighted by molar-refractivity contribution is 0.0867. The van der Waals surface area contributed by atoms with Gasteiger partial charge < -0.3 is 10.6 Å². The molecule has 2 bridgehead atoms. The van der Waals surface area contributed by atoms with Gasteiger partial charge in [-0.05, 0) is 56.0 Å². The van der Waals surface area contributed by atoms with E-state index in [-0.39, 0.29) is 17.7 Å². The molecule has 2 aromatic rings. The van der Waals surface area contributed by atoms with Crippen LogP contribution in [0.1, 0.15) is 46.2 Å². The quantitative estimate of drug-likeness (QED) is 0.770. The third-order valence-corrected chi connectivity index (χ3v) is 7.28. The summed E-state index contributed by atoms with van der Waals surface area (Å²) in [5, 5.41) is 6.72. The highest BCUT2D eigenvalue weighted by molar-refractivity contribution is 8.01. The van der Waals surface area contributed by atoms with E-state index >= 15 is 0 Å². The van der Waals surface area contributed by atoms with Crippen molar-refractivity contribution in [2.24, 2.45) is 5.92 Å². The Bertz CT molecular complexity index is 810. The number of rotatable bonds is 5. The van der Waals surface area contributed by atoms with Gasteiger partial charge in [0.05, 0.1) is 11.1 Å². The number of carbonyl (C=O) groups is 2. The maximum absolute atomic E-state index is 12.5. The number of thiazole rings is 1. The Kier molecular flexibility index (Phi) is 5.11. The molecule has 2 aliphatic heterocycles. The lowest BCUT2D eigenvalue weighted by Gasteiger charge is -2.43. The molecule has 0 radical (unpaired) electrons. The minimum absolute atomic E-state index is 0.00554. The van der Waals surface area contributed by atoms with Gasteiger partial charge in [-0.1, -0.05) is 11.8 Å². The van der Waals surface area contributed by atoms with E-state index in [0.717, 1.165) is 28.6 Å². The molecule has 1 aliphatic carbocycles. The molecular formula is C19H21N3O2S2. The summed E-state index contributed by atoms with van der Waals surface area (Å²) in [6, 6.07) is 8.22. The van der Waals surface area contributed by atoms with Gasteiger partial charge in [-0.15, -0.1) is 11.3 Å². The number of hydrogen-bond donors (Lipinski definition) is 2. The fraction of sp³-hybridized carbons (Fsp3) is 0.421. The molecule has 3 heterocycles. The second-order valence-electron chi connectivity index (χ2n) is 6.95. The van der Waals surface area contributed by atoms with Gasteiger partial charge in [0.25, 0.3) is 5.91 Å². The summed E-state index contributed by atoms with van der Waals surface area (Å²) in [4.78, 5) is 29.8. The van der Waals surface area contributed by atoms with Crippen molar-refractivity contribution >= 4 is 34.8 Å². The first-order valence-corrected chi connectivity index (χ1v) is 10.5. The van der Waals surface area contributed by atoms with Gasteiger partial charge in [-0.25, -0.2) is 4.98 Å². The number of carbonyl (C=O) groups excluding carboxylic acids is 2. The van der Waals surface area contributed by atoms with Crippen molar-refractivity contribution in [3.8, 4) is 0 Å². The molecule has 136 valence electrons. The van der Waals surface area contributed by atoms with Gasteiger partial charge in [0.15, 0.2) is 10.1 Å². The van der Waals surface area contributed by atoms with Gasteiger partial charge in [0, 0.05) is 29.5 Å². The second kappa shape index (κ2) is 7.50. The molecule has 5 rings (SSSR count). The summed E-state index contributed by atoms with van der Waals surface area (Å²) in [6.45, 7) is 2.63. The van der Waals surface area contributed by atoms with E-state index in [1.807, 2.05) is 24.3 Å². The molecule has 7 heteroatoms. The smallest absolute Gasteiger partial charge is 0.251 e. The van der Waals surface area contributed by atoms with Crippen LogP contribution in [0, 0.1) is 5.92 Å². The Morgan fingerprint density at radius 3 is 2.65 bits per heavy atom. The van der Waals surface area contributed by atoms with E-state index in [1.165, 1.54) is 29.5 Å². The highest BCUT2D eigenvalue weighted by Crippen LogP contribution is 2.32. The maximum atomic E-state index is 12.5. The van der Waals surface area contributed by atoms with Crippen molar-refractivity contribution < 1.29 is 9.59 Å². The normalized spacial score (nSPS) is 24.4. The van der Waals surface area contributed by atoms with Gasteiger partial charge in [-0.3, -0.25) is 9.59 Å². The predicted molar refractivity (Wildman–Crippen MR) is 103 cm³/mol. The minimum Gasteiger partial charge on any atom is -0.348 e. The SMILES string of the molecule is CC(=O)c1cnc(Sc2ccc(C(=O)N[C@H]3CC4CCC3NC4)cc2)s1. The molecule has 1 saturated carbocycles. The average molecular weight is 388 g/mol. The molecule has 3 fully saturated rings. The van der Waals surface area contributed by atoms with Crippen LogP contribution < -0.4 is 10.6 Å². The van der Waals surface area contributed by atoms with Gasteiger partial charge in [0.1, 0.15) is 0 Å². The third kappa shape index (κ3) is 3.84. The van der Waals surface area contributed by atoms with Crippen LogP contribution in [-0.2, 0) is 0 Å². The number of nitrogens with one attached hydrogen (secondary N) is 2. The summed E-state index contributed by atoms with van der Waals surface area (Å²) in [6.07, 6.45) is 5.13. The second-order valence-corrected chi connectivity index (χ2v) is 9.30. The van der Waals surface area contributed by atoms with E-state index in [9.17, 15) is 9.59 Å². The number of ketones is 1. The van der Waals surface area contributed by atoms with Crippen molar-refractivity contribution in [3.63, 3.8) is 0 Å². The largest absolute Gasteiger partial charge is 0.348 e. The van der Waals surface area contributed by atoms with Gasteiger partial charge in [-0.2, -0.15) is 0 Å². The van der Waals surface area contributed by atoms with Crippen LogP contribution in [0.2, 0.25) is 0 Å². The molecule has 3 aliphatic rings. The number of amides is 1. The minimum atomic E-state index is -0.00554. The maximum Gasteiger partial charge on any atom is 0.251 e. The molecule has 2 unspecified atom stereocenters. The van der Waals surface area contributed by atoms with Gasteiger partial charge >= 0.3 is 0 Å². The molecule has 1 amide bonds. The zero-order chi connectivity index (χ0) is 18.1. The standard InChI is InChI=1S/C19H21N3O2S2/c1-11(23)17-10-21-19(26-17)25-14-5-3-13(4-6-14)18(24)22-16-8-12-2-7-15(16)20-9-12/h3-6,10,12,15-16,20H,2,7-9H2,1H3,(H,22,24)/t12?,15?,16-/m0/s1. The zero-order valence-electron chi connectivity index (χ0n) is 14.5. The number of piperidine rings is 2. The van der Waals surface area contributed by atoms with E-state index in [1.54, 1.807) is 13.1 Å². The monoisotopic (exact) mass is 387 g/mol. The van der Waals surface area contributed by atoms with E-state index in [0.29, 0.717) is 22.4 Å². The molecule has 2 N–H and O–H groups in total. The number of benzene rings is 1. The van der Waals surface area contributed by atoms with Crippen LogP contribution in [-0.4, -0.2) is 35.3 Å². The molecule has 1 aromatic heterocycles. The highest BCUT2D eigenvalue weighted by atomic mass is 32.2. The summed E-state index contributed by atoms with van der Waals surface area (Å²) in [5.41, 5.74) is 0.680. The Morgan fingerprint density at radius 1 is 1.27 bits per heavy atom. The highest BCUT2D eigenvalue weighted by Gasteiger charge is 2.36. The van der Waals surface area contributed by atoms with Crippen molar-refractivity contribution in [2.75, 3.05) is 6.54 Å². The Balaban J connectivity index is 1.37. The first-order chi connectivity index (χ1) is 12.6. The number of nitrogens with zero attached hydrogens (tertiary/aromatic N) is 1. The lowest BCUT2D eigenvalue weighted by Crippen LogP contribution is -2.59. The topological polar surface area (TPSA) is 71.1 Å². The Hall–Kier alpha value is -1.70. The summed E-state index contributed by atoms with van der Waals surface area (Å²) < 4.78 is 0.830. The van der Waals surface area contributed by atoms with Crippen LogP contribution in [0.4, 0.5) is 0 Å². The third-order valence-electron chi connectivity index (χ3n) is 5.10. The van der Waals surface area contributed by atoms with Crippen LogP contribution in [0.25, 0.3) is 0 Å². The van der Waals surface area contributed by atoms with Gasteiger partial charge in [0.2, 0.25) is 0 Å². The van der Waals surface area contributed by atoms with E-state index < -0.39 is 0 Å². The van der Waals surface area contributed by atoms with Crippen molar-refractivity contribution in [3.05, 3.63) is 40.9 Å². The van der Waals surface area contributed by atoms with Crippen molar-refractivity contribution in [2.45, 2.75) is 47.5 Å². The average Bonchev–Trinajstić information content (AvgIpc) is 3.12. The summed E-state index contributed by atoms with van der Waals surface area (Å²) in [7, 11) is 0. The van der Waals surface area contributed by atoms with Crippen LogP contribution in [0.5, 0.6) is 0 Å². The molecule has 1 aromatic carbocycles. The molecule has 26 heavy (non-hydrogen) atoms. The number of aromatic nitrogens is 1. The molecule has 3 atom stereocenters. The fourth-order valence-electron chi connectivity index (χ4n) is 3.66. The first-order valence-electron chi connectivity index (χ1n) is 8.87. The van der Waals surface area contributed by atoms with E-state index in [4.69, 9.17) is 0 Å². The molecule has 0 spiro atoms. The molecule has 2 saturated heterocycles. The molecular weight excluding hydrogens is 366 g/mol. The van der Waals surface area contributed by atoms with Crippen LogP contribution in [0.3, 0.4) is 0 Å². The lowest BCUT2D eigenvalue weighted by atomic mass is 9.78. The van der Waals surface area contributed by atoms with Crippen LogP contribution >= 0.6 is 23.1 Å².